The zero-order chi connectivity index (χ0) is 8.97. The average Bonchev–Trinajstić information content (AvgIpc) is 2.16. The summed E-state index contributed by atoms with van der Waals surface area (Å²) in [5, 5.41) is 0. The molecule has 1 rings (SSSR count). The lowest BCUT2D eigenvalue weighted by molar-refractivity contribution is 0.644. The molecule has 0 saturated heterocycles. The van der Waals surface area contributed by atoms with Gasteiger partial charge in [0.25, 0.3) is 0 Å². The molecule has 1 aliphatic rings. The van der Waals surface area contributed by atoms with Crippen molar-refractivity contribution < 1.29 is 0 Å². The van der Waals surface area contributed by atoms with Crippen molar-refractivity contribution in [2.24, 2.45) is 11.7 Å². The highest BCUT2D eigenvalue weighted by Crippen LogP contribution is 2.18. The molecule has 1 aliphatic carbocycles. The molecule has 2 N–H and O–H groups in total. The van der Waals surface area contributed by atoms with Gasteiger partial charge in [-0.25, -0.2) is 0 Å². The highest BCUT2D eigenvalue weighted by molar-refractivity contribution is 5.34. The van der Waals surface area contributed by atoms with Gasteiger partial charge in [-0.3, -0.25) is 0 Å². The molecule has 0 heterocycles. The van der Waals surface area contributed by atoms with E-state index < -0.39 is 0 Å². The summed E-state index contributed by atoms with van der Waals surface area (Å²) in [6.45, 7) is 4.43. The molecule has 0 aromatic carbocycles. The Labute approximate surface area is 74.7 Å². The first kappa shape index (κ1) is 9.11. The third kappa shape index (κ3) is 2.57. The molecule has 0 atom stereocenters. The van der Waals surface area contributed by atoms with Crippen molar-refractivity contribution in [2.75, 3.05) is 0 Å². The Balaban J connectivity index is 2.69. The lowest BCUT2D eigenvalue weighted by atomic mass is 10.00. The smallest absolute Gasteiger partial charge is 0.0343 e. The fourth-order valence-electron chi connectivity index (χ4n) is 1.33. The molecule has 12 heavy (non-hydrogen) atoms. The molecular weight excluding hydrogens is 146 g/mol. The third-order valence-electron chi connectivity index (χ3n) is 1.91. The van der Waals surface area contributed by atoms with E-state index in [2.05, 4.69) is 26.0 Å². The van der Waals surface area contributed by atoms with Gasteiger partial charge in [0.2, 0.25) is 0 Å². The molecule has 0 aromatic rings. The van der Waals surface area contributed by atoms with Crippen LogP contribution in [0.1, 0.15) is 26.7 Å². The van der Waals surface area contributed by atoms with Gasteiger partial charge in [0, 0.05) is 5.70 Å². The van der Waals surface area contributed by atoms with E-state index >= 15 is 0 Å². The normalized spacial score (nSPS) is 17.2. The standard InChI is InChI=1S/C11H17N/c1-9(2)8-10-6-4-3-5-7-11(10)12/h3,5-7,9H,4,8,12H2,1-2H3. The van der Waals surface area contributed by atoms with E-state index in [9.17, 15) is 0 Å². The maximum absolute atomic E-state index is 5.87. The number of hydrogen-bond donors (Lipinski definition) is 1. The van der Waals surface area contributed by atoms with Crippen molar-refractivity contribution in [3.05, 3.63) is 35.6 Å². The van der Waals surface area contributed by atoms with Crippen LogP contribution in [0.3, 0.4) is 0 Å². The van der Waals surface area contributed by atoms with Gasteiger partial charge in [0.05, 0.1) is 0 Å². The Morgan fingerprint density at radius 1 is 1.50 bits per heavy atom. The molecule has 1 heteroatoms. The van der Waals surface area contributed by atoms with Crippen LogP contribution in [-0.4, -0.2) is 0 Å². The van der Waals surface area contributed by atoms with Crippen LogP contribution in [-0.2, 0) is 0 Å². The Kier molecular flexibility index (Phi) is 3.15. The predicted molar refractivity (Wildman–Crippen MR) is 53.6 cm³/mol. The van der Waals surface area contributed by atoms with Gasteiger partial charge < -0.3 is 5.73 Å². The molecule has 0 saturated carbocycles. The minimum absolute atomic E-state index is 0.682. The van der Waals surface area contributed by atoms with Crippen molar-refractivity contribution in [3.63, 3.8) is 0 Å². The first-order chi connectivity index (χ1) is 5.70. The maximum atomic E-state index is 5.87. The first-order valence-electron chi connectivity index (χ1n) is 4.52. The van der Waals surface area contributed by atoms with Gasteiger partial charge in [-0.15, -0.1) is 0 Å². The molecule has 0 radical (unpaired) electrons. The molecule has 1 nitrogen and oxygen atoms in total. The van der Waals surface area contributed by atoms with Crippen LogP contribution in [0.25, 0.3) is 0 Å². The minimum atomic E-state index is 0.682. The van der Waals surface area contributed by atoms with Crippen LogP contribution < -0.4 is 5.73 Å². The van der Waals surface area contributed by atoms with Gasteiger partial charge >= 0.3 is 0 Å². The molecule has 0 spiro atoms. The van der Waals surface area contributed by atoms with E-state index in [1.165, 1.54) is 5.57 Å². The van der Waals surface area contributed by atoms with Gasteiger partial charge in [0.15, 0.2) is 0 Å². The van der Waals surface area contributed by atoms with Gasteiger partial charge in [-0.2, -0.15) is 0 Å². The van der Waals surface area contributed by atoms with Crippen LogP contribution in [0.5, 0.6) is 0 Å². The largest absolute Gasteiger partial charge is 0.399 e. The average molecular weight is 163 g/mol. The molecule has 0 amide bonds. The number of nitrogens with two attached hydrogens (primary N) is 1. The van der Waals surface area contributed by atoms with Crippen LogP contribution in [0, 0.1) is 5.92 Å². The lowest BCUT2D eigenvalue weighted by Crippen LogP contribution is -2.03. The fraction of sp³-hybridized carbons (Fsp3) is 0.455. The number of rotatable bonds is 2. The zero-order valence-corrected chi connectivity index (χ0v) is 7.88. The highest BCUT2D eigenvalue weighted by Gasteiger charge is 2.04. The molecular formula is C11H17N. The minimum Gasteiger partial charge on any atom is -0.399 e. The molecule has 0 fully saturated rings. The fourth-order valence-corrected chi connectivity index (χ4v) is 1.33. The van der Waals surface area contributed by atoms with Gasteiger partial charge in [-0.05, 0) is 30.4 Å². The SMILES string of the molecule is CC(C)CC1=CCC=CC=C1N. The van der Waals surface area contributed by atoms with Crippen LogP contribution >= 0.6 is 0 Å². The van der Waals surface area contributed by atoms with Crippen molar-refractivity contribution in [3.8, 4) is 0 Å². The maximum Gasteiger partial charge on any atom is 0.0343 e. The van der Waals surface area contributed by atoms with E-state index in [0.717, 1.165) is 18.5 Å². The van der Waals surface area contributed by atoms with E-state index in [4.69, 9.17) is 5.73 Å². The van der Waals surface area contributed by atoms with Crippen LogP contribution in [0.2, 0.25) is 0 Å². The van der Waals surface area contributed by atoms with Crippen molar-refractivity contribution in [1.29, 1.82) is 0 Å². The molecule has 0 bridgehead atoms. The lowest BCUT2D eigenvalue weighted by Gasteiger charge is -2.09. The highest BCUT2D eigenvalue weighted by atomic mass is 14.6. The second-order valence-electron chi connectivity index (χ2n) is 3.61. The van der Waals surface area contributed by atoms with Crippen LogP contribution in [0.15, 0.2) is 35.6 Å². The Hall–Kier alpha value is -0.980. The van der Waals surface area contributed by atoms with E-state index in [1.807, 2.05) is 12.2 Å². The van der Waals surface area contributed by atoms with Crippen LogP contribution in [0.4, 0.5) is 0 Å². The van der Waals surface area contributed by atoms with E-state index in [1.54, 1.807) is 0 Å². The van der Waals surface area contributed by atoms with Gasteiger partial charge in [0.1, 0.15) is 0 Å². The monoisotopic (exact) mass is 163 g/mol. The number of allylic oxidation sites excluding steroid dienone is 5. The Bertz CT molecular complexity index is 231. The molecule has 0 aliphatic heterocycles. The topological polar surface area (TPSA) is 26.0 Å². The number of hydrogen-bond acceptors (Lipinski definition) is 1. The predicted octanol–water partition coefficient (Wildman–Crippen LogP) is 2.76. The summed E-state index contributed by atoms with van der Waals surface area (Å²) in [6, 6.07) is 0. The van der Waals surface area contributed by atoms with Crippen molar-refractivity contribution in [1.82, 2.24) is 0 Å². The summed E-state index contributed by atoms with van der Waals surface area (Å²) in [4.78, 5) is 0. The first-order valence-corrected chi connectivity index (χ1v) is 4.52. The van der Waals surface area contributed by atoms with E-state index in [-0.39, 0.29) is 0 Å². The Morgan fingerprint density at radius 3 is 2.92 bits per heavy atom. The summed E-state index contributed by atoms with van der Waals surface area (Å²) in [5.41, 5.74) is 8.10. The van der Waals surface area contributed by atoms with Crippen molar-refractivity contribution in [2.45, 2.75) is 26.7 Å². The zero-order valence-electron chi connectivity index (χ0n) is 7.88. The second-order valence-corrected chi connectivity index (χ2v) is 3.61. The second kappa shape index (κ2) is 4.15. The summed E-state index contributed by atoms with van der Waals surface area (Å²) in [6.07, 6.45) is 10.5. The summed E-state index contributed by atoms with van der Waals surface area (Å²) in [7, 11) is 0. The van der Waals surface area contributed by atoms with E-state index in [0.29, 0.717) is 5.92 Å². The summed E-state index contributed by atoms with van der Waals surface area (Å²) >= 11 is 0. The third-order valence-corrected chi connectivity index (χ3v) is 1.91. The summed E-state index contributed by atoms with van der Waals surface area (Å²) in [5.74, 6) is 0.682. The quantitative estimate of drug-likeness (QED) is 0.665. The van der Waals surface area contributed by atoms with Gasteiger partial charge in [-0.1, -0.05) is 32.1 Å². The Morgan fingerprint density at radius 2 is 2.25 bits per heavy atom. The molecule has 0 aromatic heterocycles. The molecule has 0 unspecified atom stereocenters. The molecule has 66 valence electrons. The summed E-state index contributed by atoms with van der Waals surface area (Å²) < 4.78 is 0. The van der Waals surface area contributed by atoms with Crippen molar-refractivity contribution >= 4 is 0 Å².